The number of aromatic amines is 1. The number of pyridine rings is 1. The van der Waals surface area contributed by atoms with E-state index in [1.807, 2.05) is 17.2 Å². The first-order valence-corrected chi connectivity index (χ1v) is 11.8. The van der Waals surface area contributed by atoms with E-state index in [-0.39, 0.29) is 5.91 Å². The third-order valence-electron chi connectivity index (χ3n) is 6.97. The molecule has 0 spiro atoms. The molecule has 0 atom stereocenters. The van der Waals surface area contributed by atoms with Crippen molar-refractivity contribution in [1.82, 2.24) is 29.7 Å². The van der Waals surface area contributed by atoms with Crippen molar-refractivity contribution in [3.8, 4) is 5.88 Å². The summed E-state index contributed by atoms with van der Waals surface area (Å²) in [4.78, 5) is 31.7. The van der Waals surface area contributed by atoms with Gasteiger partial charge in [-0.3, -0.25) is 9.69 Å². The predicted molar refractivity (Wildman–Crippen MR) is 128 cm³/mol. The number of H-pyrrole nitrogens is 1. The summed E-state index contributed by atoms with van der Waals surface area (Å²) < 4.78 is 5.15. The van der Waals surface area contributed by atoms with Crippen LogP contribution in [0.2, 0.25) is 0 Å². The zero-order valence-electron chi connectivity index (χ0n) is 19.5. The van der Waals surface area contributed by atoms with E-state index in [4.69, 9.17) is 4.74 Å². The maximum atomic E-state index is 12.9. The Kier molecular flexibility index (Phi) is 6.28. The van der Waals surface area contributed by atoms with Crippen LogP contribution < -0.4 is 4.74 Å². The maximum Gasteiger partial charge on any atom is 0.289 e. The molecule has 0 saturated carbocycles. The zero-order valence-corrected chi connectivity index (χ0v) is 19.5. The van der Waals surface area contributed by atoms with Gasteiger partial charge in [-0.2, -0.15) is 0 Å². The van der Waals surface area contributed by atoms with E-state index in [0.29, 0.717) is 17.6 Å². The van der Waals surface area contributed by atoms with E-state index >= 15 is 0 Å². The maximum absolute atomic E-state index is 12.9. The number of carbonyl (C=O) groups is 1. The lowest BCUT2D eigenvalue weighted by atomic mass is 9.89. The minimum Gasteiger partial charge on any atom is -0.481 e. The van der Waals surface area contributed by atoms with Crippen LogP contribution in [0.4, 0.5) is 0 Å². The number of nitrogens with zero attached hydrogens (tertiary/aromatic N) is 5. The van der Waals surface area contributed by atoms with E-state index in [1.54, 1.807) is 7.11 Å². The Morgan fingerprint density at radius 3 is 2.58 bits per heavy atom. The molecule has 1 amide bonds. The topological polar surface area (TPSA) is 77.6 Å². The number of imidazole rings is 1. The number of likely N-dealkylation sites (tertiary alicyclic amines) is 1. The summed E-state index contributed by atoms with van der Waals surface area (Å²) in [5.74, 6) is 1.64. The van der Waals surface area contributed by atoms with Crippen molar-refractivity contribution in [2.45, 2.75) is 25.3 Å². The minimum absolute atomic E-state index is 0.00202. The smallest absolute Gasteiger partial charge is 0.289 e. The van der Waals surface area contributed by atoms with Gasteiger partial charge in [0.2, 0.25) is 5.88 Å². The first kappa shape index (κ1) is 21.9. The molecule has 1 N–H and O–H groups in total. The number of nitrogens with one attached hydrogen (secondary N) is 1. The summed E-state index contributed by atoms with van der Waals surface area (Å²) in [5.41, 5.74) is 4.36. The standard InChI is InChI=1S/C25H32N6O2/c1-29-11-13-31(14-12-29)25(32)24-27-21-5-4-20(15-22(21)28-24)19-7-9-30(10-8-19)17-18-3-6-23(33-2)26-16-18/h3-6,15-16,19H,7-14,17H2,1-2H3,(H,27,28). The van der Waals surface area contributed by atoms with Gasteiger partial charge in [-0.1, -0.05) is 12.1 Å². The average Bonchev–Trinajstić information content (AvgIpc) is 3.28. The summed E-state index contributed by atoms with van der Waals surface area (Å²) in [6, 6.07) is 10.4. The molecule has 5 rings (SSSR count). The molecule has 2 aromatic heterocycles. The van der Waals surface area contributed by atoms with Gasteiger partial charge in [-0.25, -0.2) is 9.97 Å². The Morgan fingerprint density at radius 1 is 1.09 bits per heavy atom. The molecule has 2 saturated heterocycles. The molecule has 0 aliphatic carbocycles. The van der Waals surface area contributed by atoms with Gasteiger partial charge in [0.25, 0.3) is 5.91 Å². The number of piperazine rings is 1. The van der Waals surface area contributed by atoms with Crippen LogP contribution in [-0.4, -0.2) is 89.0 Å². The molecule has 0 unspecified atom stereocenters. The Morgan fingerprint density at radius 2 is 1.88 bits per heavy atom. The van der Waals surface area contributed by atoms with Gasteiger partial charge in [0.15, 0.2) is 5.82 Å². The largest absolute Gasteiger partial charge is 0.481 e. The van der Waals surface area contributed by atoms with Crippen molar-refractivity contribution in [2.75, 3.05) is 53.4 Å². The molecule has 3 aromatic rings. The Bertz CT molecular complexity index is 1100. The van der Waals surface area contributed by atoms with Crippen molar-refractivity contribution >= 4 is 16.9 Å². The number of methoxy groups -OCH3 is 1. The van der Waals surface area contributed by atoms with Crippen molar-refractivity contribution in [1.29, 1.82) is 0 Å². The highest BCUT2D eigenvalue weighted by molar-refractivity contribution is 5.94. The van der Waals surface area contributed by atoms with Crippen molar-refractivity contribution in [3.05, 3.63) is 53.5 Å². The molecule has 0 radical (unpaired) electrons. The van der Waals surface area contributed by atoms with Crippen molar-refractivity contribution in [2.24, 2.45) is 0 Å². The summed E-state index contributed by atoms with van der Waals surface area (Å²) in [7, 11) is 3.73. The number of rotatable bonds is 5. The molecule has 2 aliphatic rings. The van der Waals surface area contributed by atoms with Gasteiger partial charge < -0.3 is 19.5 Å². The Hall–Kier alpha value is -2.97. The molecule has 1 aromatic carbocycles. The quantitative estimate of drug-likeness (QED) is 0.647. The van der Waals surface area contributed by atoms with Gasteiger partial charge in [-0.15, -0.1) is 0 Å². The molecule has 4 heterocycles. The lowest BCUT2D eigenvalue weighted by Gasteiger charge is -2.32. The third-order valence-corrected chi connectivity index (χ3v) is 6.97. The fourth-order valence-corrected chi connectivity index (χ4v) is 4.85. The van der Waals surface area contributed by atoms with Gasteiger partial charge in [0.1, 0.15) is 0 Å². The Labute approximate surface area is 194 Å². The molecule has 2 fully saturated rings. The van der Waals surface area contributed by atoms with Crippen LogP contribution >= 0.6 is 0 Å². The fourth-order valence-electron chi connectivity index (χ4n) is 4.85. The van der Waals surface area contributed by atoms with Crippen LogP contribution in [0.25, 0.3) is 11.0 Å². The number of fused-ring (bicyclic) bond motifs is 1. The highest BCUT2D eigenvalue weighted by Gasteiger charge is 2.24. The monoisotopic (exact) mass is 448 g/mol. The first-order valence-electron chi connectivity index (χ1n) is 11.8. The van der Waals surface area contributed by atoms with Gasteiger partial charge >= 0.3 is 0 Å². The van der Waals surface area contributed by atoms with Gasteiger partial charge in [-0.05, 0) is 62.2 Å². The zero-order chi connectivity index (χ0) is 22.8. The number of amides is 1. The van der Waals surface area contributed by atoms with E-state index < -0.39 is 0 Å². The second-order valence-electron chi connectivity index (χ2n) is 9.22. The van der Waals surface area contributed by atoms with Gasteiger partial charge in [0.05, 0.1) is 18.1 Å². The minimum atomic E-state index is 0.00202. The summed E-state index contributed by atoms with van der Waals surface area (Å²) in [6.07, 6.45) is 4.14. The highest BCUT2D eigenvalue weighted by atomic mass is 16.5. The number of ether oxygens (including phenoxy) is 1. The van der Waals surface area contributed by atoms with E-state index in [2.05, 4.69) is 56.1 Å². The average molecular weight is 449 g/mol. The van der Waals surface area contributed by atoms with Crippen molar-refractivity contribution < 1.29 is 9.53 Å². The number of aromatic nitrogens is 3. The van der Waals surface area contributed by atoms with E-state index in [9.17, 15) is 4.79 Å². The van der Waals surface area contributed by atoms with E-state index in [1.165, 1.54) is 11.1 Å². The molecular formula is C25H32N6O2. The molecular weight excluding hydrogens is 416 g/mol. The van der Waals surface area contributed by atoms with Crippen LogP contribution in [0.1, 0.15) is 40.5 Å². The number of hydrogen-bond donors (Lipinski definition) is 1. The molecule has 8 nitrogen and oxygen atoms in total. The molecule has 174 valence electrons. The number of likely N-dealkylation sites (N-methyl/N-ethyl adjacent to an activating group) is 1. The van der Waals surface area contributed by atoms with Crippen LogP contribution in [-0.2, 0) is 6.54 Å². The summed E-state index contributed by atoms with van der Waals surface area (Å²) in [6.45, 7) is 6.36. The third kappa shape index (κ3) is 4.86. The first-order chi connectivity index (χ1) is 16.1. The van der Waals surface area contributed by atoms with Crippen molar-refractivity contribution in [3.63, 3.8) is 0 Å². The lowest BCUT2D eigenvalue weighted by molar-refractivity contribution is 0.0653. The molecule has 0 bridgehead atoms. The van der Waals surface area contributed by atoms with Crippen LogP contribution in [0.5, 0.6) is 5.88 Å². The van der Waals surface area contributed by atoms with E-state index in [0.717, 1.165) is 69.7 Å². The van der Waals surface area contributed by atoms with Crippen LogP contribution in [0.15, 0.2) is 36.5 Å². The molecule has 33 heavy (non-hydrogen) atoms. The summed E-state index contributed by atoms with van der Waals surface area (Å²) >= 11 is 0. The fraction of sp³-hybridized carbons (Fsp3) is 0.480. The second kappa shape index (κ2) is 9.49. The normalized spacial score (nSPS) is 18.7. The number of carbonyl (C=O) groups excluding carboxylic acids is 1. The molecule has 8 heteroatoms. The Balaban J connectivity index is 1.21. The van der Waals surface area contributed by atoms with Gasteiger partial charge in [0, 0.05) is 45.0 Å². The molecule has 2 aliphatic heterocycles. The predicted octanol–water partition coefficient (Wildman–Crippen LogP) is 2.73. The second-order valence-corrected chi connectivity index (χ2v) is 9.22. The number of piperidine rings is 1. The summed E-state index contributed by atoms with van der Waals surface area (Å²) in [5, 5.41) is 0. The van der Waals surface area contributed by atoms with Crippen LogP contribution in [0, 0.1) is 0 Å². The SMILES string of the molecule is COc1ccc(CN2CCC(c3ccc4nc(C(=O)N5CCN(C)CC5)[nH]c4c3)CC2)cn1. The number of hydrogen-bond acceptors (Lipinski definition) is 6. The number of benzene rings is 1. The van der Waals surface area contributed by atoms with Crippen LogP contribution in [0.3, 0.4) is 0 Å². The highest BCUT2D eigenvalue weighted by Crippen LogP contribution is 2.30. The lowest BCUT2D eigenvalue weighted by Crippen LogP contribution is -2.47.